The molecule has 27 heavy (non-hydrogen) atoms. The van der Waals surface area contributed by atoms with Gasteiger partial charge in [-0.2, -0.15) is 13.2 Å². The Labute approximate surface area is 153 Å². The van der Waals surface area contributed by atoms with Crippen molar-refractivity contribution in [1.82, 2.24) is 10.3 Å². The van der Waals surface area contributed by atoms with E-state index in [2.05, 4.69) is 20.4 Å². The molecule has 2 rings (SSSR count). The van der Waals surface area contributed by atoms with Crippen LogP contribution in [0.3, 0.4) is 0 Å². The van der Waals surface area contributed by atoms with Crippen LogP contribution in [0.4, 0.5) is 18.9 Å². The Morgan fingerprint density at radius 1 is 1.07 bits per heavy atom. The average molecular weight is 381 g/mol. The first-order chi connectivity index (χ1) is 12.8. The summed E-state index contributed by atoms with van der Waals surface area (Å²) in [5.74, 6) is -0.759. The lowest BCUT2D eigenvalue weighted by atomic mass is 10.1. The molecule has 0 aliphatic carbocycles. The highest BCUT2D eigenvalue weighted by molar-refractivity contribution is 6.04. The van der Waals surface area contributed by atoms with Crippen molar-refractivity contribution in [2.75, 3.05) is 25.1 Å². The van der Waals surface area contributed by atoms with E-state index in [-0.39, 0.29) is 25.5 Å². The molecule has 1 aromatic carbocycles. The quantitative estimate of drug-likeness (QED) is 0.689. The molecule has 2 amide bonds. The van der Waals surface area contributed by atoms with E-state index in [1.54, 1.807) is 36.5 Å². The van der Waals surface area contributed by atoms with E-state index in [1.807, 2.05) is 0 Å². The number of halogens is 3. The van der Waals surface area contributed by atoms with Crippen molar-refractivity contribution in [3.63, 3.8) is 0 Å². The Morgan fingerprint density at radius 3 is 2.56 bits per heavy atom. The second kappa shape index (κ2) is 9.67. The largest absolute Gasteiger partial charge is 0.411 e. The van der Waals surface area contributed by atoms with E-state index in [0.29, 0.717) is 16.8 Å². The average Bonchev–Trinajstić information content (AvgIpc) is 2.64. The van der Waals surface area contributed by atoms with Gasteiger partial charge in [-0.3, -0.25) is 14.6 Å². The highest BCUT2D eigenvalue weighted by Gasteiger charge is 2.27. The normalized spacial score (nSPS) is 11.1. The standard InChI is InChI=1S/C18H18F3N3O3/c19-18(20,21)12-27-9-3-8-23-16(25)13-4-1-6-15(10-13)24-17(26)14-5-2-7-22-11-14/h1-2,4-7,10-11H,3,8-9,12H2,(H,23,25)(H,24,26). The van der Waals surface area contributed by atoms with Crippen LogP contribution in [0.5, 0.6) is 0 Å². The van der Waals surface area contributed by atoms with Crippen molar-refractivity contribution >= 4 is 17.5 Å². The highest BCUT2D eigenvalue weighted by Crippen LogP contribution is 2.14. The summed E-state index contributed by atoms with van der Waals surface area (Å²) in [6, 6.07) is 9.56. The number of alkyl halides is 3. The van der Waals surface area contributed by atoms with Crippen LogP contribution in [0.2, 0.25) is 0 Å². The lowest BCUT2D eigenvalue weighted by Crippen LogP contribution is -2.26. The van der Waals surface area contributed by atoms with Gasteiger partial charge in [-0.1, -0.05) is 6.07 Å². The summed E-state index contributed by atoms with van der Waals surface area (Å²) in [5.41, 5.74) is 1.13. The maximum Gasteiger partial charge on any atom is 0.411 e. The number of hydrogen-bond acceptors (Lipinski definition) is 4. The highest BCUT2D eigenvalue weighted by atomic mass is 19.4. The van der Waals surface area contributed by atoms with Gasteiger partial charge in [-0.15, -0.1) is 0 Å². The molecule has 144 valence electrons. The van der Waals surface area contributed by atoms with Gasteiger partial charge in [0.2, 0.25) is 0 Å². The third kappa shape index (κ3) is 7.45. The molecule has 6 nitrogen and oxygen atoms in total. The Bertz CT molecular complexity index is 767. The van der Waals surface area contributed by atoms with Gasteiger partial charge in [0.05, 0.1) is 5.56 Å². The van der Waals surface area contributed by atoms with E-state index >= 15 is 0 Å². The minimum Gasteiger partial charge on any atom is -0.372 e. The molecule has 0 radical (unpaired) electrons. The number of rotatable bonds is 8. The van der Waals surface area contributed by atoms with Gasteiger partial charge in [0.1, 0.15) is 6.61 Å². The van der Waals surface area contributed by atoms with Crippen LogP contribution in [-0.4, -0.2) is 42.7 Å². The number of nitrogens with one attached hydrogen (secondary N) is 2. The molecule has 9 heteroatoms. The monoisotopic (exact) mass is 381 g/mol. The minimum absolute atomic E-state index is 0.110. The zero-order valence-corrected chi connectivity index (χ0v) is 14.3. The first-order valence-corrected chi connectivity index (χ1v) is 8.09. The van der Waals surface area contributed by atoms with E-state index in [4.69, 9.17) is 0 Å². The second-order valence-corrected chi connectivity index (χ2v) is 5.55. The number of benzene rings is 1. The number of pyridine rings is 1. The van der Waals surface area contributed by atoms with Crippen molar-refractivity contribution in [2.24, 2.45) is 0 Å². The SMILES string of the molecule is O=C(NCCCOCC(F)(F)F)c1cccc(NC(=O)c2cccnc2)c1. The van der Waals surface area contributed by atoms with Crippen LogP contribution in [-0.2, 0) is 4.74 Å². The van der Waals surface area contributed by atoms with Crippen LogP contribution in [0.25, 0.3) is 0 Å². The first-order valence-electron chi connectivity index (χ1n) is 8.09. The molecule has 0 saturated heterocycles. The lowest BCUT2D eigenvalue weighted by Gasteiger charge is -2.09. The van der Waals surface area contributed by atoms with Crippen LogP contribution >= 0.6 is 0 Å². The number of amides is 2. The minimum atomic E-state index is -4.36. The Kier molecular flexibility index (Phi) is 7.30. The summed E-state index contributed by atoms with van der Waals surface area (Å²) in [7, 11) is 0. The molecule has 0 atom stereocenters. The molecule has 2 N–H and O–H groups in total. The third-order valence-electron chi connectivity index (χ3n) is 3.32. The molecular formula is C18H18F3N3O3. The zero-order valence-electron chi connectivity index (χ0n) is 14.3. The summed E-state index contributed by atoms with van der Waals surface area (Å²) < 4.78 is 40.2. The molecule has 0 unspecified atom stereocenters. The number of ether oxygens (including phenoxy) is 1. The maximum atomic E-state index is 12.1. The summed E-state index contributed by atoms with van der Waals surface area (Å²) in [4.78, 5) is 28.0. The lowest BCUT2D eigenvalue weighted by molar-refractivity contribution is -0.173. The van der Waals surface area contributed by atoms with E-state index < -0.39 is 18.7 Å². The van der Waals surface area contributed by atoms with Crippen molar-refractivity contribution < 1.29 is 27.5 Å². The fraction of sp³-hybridized carbons (Fsp3) is 0.278. The summed E-state index contributed by atoms with van der Waals surface area (Å²) in [5, 5.41) is 5.25. The van der Waals surface area contributed by atoms with Gasteiger partial charge in [0.15, 0.2) is 0 Å². The number of carbonyl (C=O) groups excluding carboxylic acids is 2. The molecule has 0 bridgehead atoms. The summed E-state index contributed by atoms with van der Waals surface area (Å²) in [6.07, 6.45) is -1.13. The molecule has 0 fully saturated rings. The van der Waals surface area contributed by atoms with Crippen LogP contribution in [0, 0.1) is 0 Å². The van der Waals surface area contributed by atoms with Gasteiger partial charge in [-0.05, 0) is 36.8 Å². The maximum absolute atomic E-state index is 12.1. The number of nitrogens with zero attached hydrogens (tertiary/aromatic N) is 1. The molecule has 0 saturated carbocycles. The smallest absolute Gasteiger partial charge is 0.372 e. The zero-order chi connectivity index (χ0) is 19.7. The molecule has 1 heterocycles. The van der Waals surface area contributed by atoms with E-state index in [9.17, 15) is 22.8 Å². The van der Waals surface area contributed by atoms with Crippen molar-refractivity contribution in [3.8, 4) is 0 Å². The van der Waals surface area contributed by atoms with Gasteiger partial charge in [0, 0.05) is 36.8 Å². The Balaban J connectivity index is 1.80. The van der Waals surface area contributed by atoms with Crippen LogP contribution < -0.4 is 10.6 Å². The predicted molar refractivity (Wildman–Crippen MR) is 92.5 cm³/mol. The van der Waals surface area contributed by atoms with Gasteiger partial charge < -0.3 is 15.4 Å². The topological polar surface area (TPSA) is 80.3 Å². The number of aromatic nitrogens is 1. The molecule has 0 aliphatic heterocycles. The van der Waals surface area contributed by atoms with E-state index in [0.717, 1.165) is 0 Å². The fourth-order valence-electron chi connectivity index (χ4n) is 2.10. The Morgan fingerprint density at radius 2 is 1.85 bits per heavy atom. The molecule has 2 aromatic rings. The van der Waals surface area contributed by atoms with Crippen molar-refractivity contribution in [3.05, 3.63) is 59.9 Å². The third-order valence-corrected chi connectivity index (χ3v) is 3.32. The number of carbonyl (C=O) groups is 2. The fourth-order valence-corrected chi connectivity index (χ4v) is 2.10. The van der Waals surface area contributed by atoms with Gasteiger partial charge >= 0.3 is 6.18 Å². The number of anilines is 1. The summed E-state index contributed by atoms with van der Waals surface area (Å²) in [6.45, 7) is -1.25. The van der Waals surface area contributed by atoms with Crippen LogP contribution in [0.15, 0.2) is 48.8 Å². The van der Waals surface area contributed by atoms with E-state index in [1.165, 1.54) is 12.3 Å². The van der Waals surface area contributed by atoms with Gasteiger partial charge in [0.25, 0.3) is 11.8 Å². The Hall–Kier alpha value is -2.94. The molecule has 0 aliphatic rings. The van der Waals surface area contributed by atoms with Gasteiger partial charge in [-0.25, -0.2) is 0 Å². The molecule has 1 aromatic heterocycles. The van der Waals surface area contributed by atoms with Crippen LogP contribution in [0.1, 0.15) is 27.1 Å². The summed E-state index contributed by atoms with van der Waals surface area (Å²) >= 11 is 0. The molecular weight excluding hydrogens is 363 g/mol. The van der Waals surface area contributed by atoms with Crippen molar-refractivity contribution in [2.45, 2.75) is 12.6 Å². The first kappa shape index (κ1) is 20.4. The number of hydrogen-bond donors (Lipinski definition) is 2. The second-order valence-electron chi connectivity index (χ2n) is 5.55. The van der Waals surface area contributed by atoms with Crippen molar-refractivity contribution in [1.29, 1.82) is 0 Å². The molecule has 0 spiro atoms. The predicted octanol–water partition coefficient (Wildman–Crippen LogP) is 3.03.